The summed E-state index contributed by atoms with van der Waals surface area (Å²) in [5.74, 6) is -3.18. The highest BCUT2D eigenvalue weighted by molar-refractivity contribution is 5.93. The lowest BCUT2D eigenvalue weighted by Gasteiger charge is -2.29. The Morgan fingerprint density at radius 2 is 1.87 bits per heavy atom. The van der Waals surface area contributed by atoms with E-state index < -0.39 is 23.3 Å². The van der Waals surface area contributed by atoms with Gasteiger partial charge in [-0.3, -0.25) is 14.4 Å². The number of carboxylic acid groups (broad SMARTS) is 2. The van der Waals surface area contributed by atoms with Crippen LogP contribution in [0.25, 0.3) is 0 Å². The zero-order chi connectivity index (χ0) is 17.6. The number of esters is 1. The van der Waals surface area contributed by atoms with Gasteiger partial charge in [-0.1, -0.05) is 12.2 Å². The van der Waals surface area contributed by atoms with Crippen molar-refractivity contribution in [2.45, 2.75) is 39.0 Å². The van der Waals surface area contributed by atoms with Gasteiger partial charge in [-0.05, 0) is 25.3 Å². The average molecular weight is 324 g/mol. The molecule has 0 bridgehead atoms. The first-order valence-electron chi connectivity index (χ1n) is 7.16. The van der Waals surface area contributed by atoms with E-state index in [1.807, 2.05) is 0 Å². The number of carbonyl (C=O) groups excluding carboxylic acids is 2. The topological polar surface area (TPSA) is 118 Å². The summed E-state index contributed by atoms with van der Waals surface area (Å²) in [5.41, 5.74) is -1.07. The predicted octanol–water partition coefficient (Wildman–Crippen LogP) is 1.72. The van der Waals surface area contributed by atoms with Gasteiger partial charge in [0.2, 0.25) is 0 Å². The van der Waals surface area contributed by atoms with Gasteiger partial charge in [0.05, 0.1) is 12.5 Å². The fraction of sp³-hybridized carbons (Fsp3) is 0.500. The van der Waals surface area contributed by atoms with Crippen LogP contribution >= 0.6 is 0 Å². The number of ketones is 1. The molecule has 7 nitrogen and oxygen atoms in total. The second-order valence-electron chi connectivity index (χ2n) is 5.58. The molecule has 1 atom stereocenters. The fourth-order valence-corrected chi connectivity index (χ4v) is 2.46. The Labute approximate surface area is 133 Å². The molecule has 0 aromatic rings. The van der Waals surface area contributed by atoms with Crippen molar-refractivity contribution in [3.8, 4) is 0 Å². The Kier molecular flexibility index (Phi) is 6.24. The Morgan fingerprint density at radius 3 is 2.39 bits per heavy atom. The molecule has 1 aliphatic rings. The third kappa shape index (κ3) is 4.77. The van der Waals surface area contributed by atoms with Crippen molar-refractivity contribution in [3.05, 3.63) is 23.3 Å². The number of Topliss-reactive ketones (excluding diaryl/α,β-unsaturated/α-hetero) is 1. The SMILES string of the molecule is COC(=O)CCCC(=O)CC1(C(=O)O)C=CC(C)=C(C(=O)O)C1. The molecule has 0 aliphatic heterocycles. The van der Waals surface area contributed by atoms with Crippen LogP contribution in [0.5, 0.6) is 0 Å². The summed E-state index contributed by atoms with van der Waals surface area (Å²) >= 11 is 0. The van der Waals surface area contributed by atoms with Crippen molar-refractivity contribution < 1.29 is 34.1 Å². The highest BCUT2D eigenvalue weighted by Gasteiger charge is 2.42. The largest absolute Gasteiger partial charge is 0.481 e. The Balaban J connectivity index is 2.79. The summed E-state index contributed by atoms with van der Waals surface area (Å²) in [6.07, 6.45) is 2.68. The van der Waals surface area contributed by atoms with Crippen LogP contribution in [0, 0.1) is 5.41 Å². The second-order valence-corrected chi connectivity index (χ2v) is 5.58. The molecule has 126 valence electrons. The van der Waals surface area contributed by atoms with Crippen molar-refractivity contribution in [2.24, 2.45) is 5.41 Å². The van der Waals surface area contributed by atoms with Crippen LogP contribution in [-0.2, 0) is 23.9 Å². The van der Waals surface area contributed by atoms with E-state index in [-0.39, 0.29) is 43.5 Å². The Morgan fingerprint density at radius 1 is 1.22 bits per heavy atom. The number of allylic oxidation sites excluding steroid dienone is 2. The molecule has 0 saturated heterocycles. The van der Waals surface area contributed by atoms with Gasteiger partial charge in [0, 0.05) is 24.8 Å². The van der Waals surface area contributed by atoms with E-state index in [4.69, 9.17) is 5.11 Å². The van der Waals surface area contributed by atoms with Crippen LogP contribution in [0.4, 0.5) is 0 Å². The summed E-state index contributed by atoms with van der Waals surface area (Å²) in [5, 5.41) is 18.6. The Hall–Kier alpha value is -2.44. The molecule has 1 aliphatic carbocycles. The maximum absolute atomic E-state index is 12.0. The van der Waals surface area contributed by atoms with Crippen molar-refractivity contribution in [3.63, 3.8) is 0 Å². The fourth-order valence-electron chi connectivity index (χ4n) is 2.46. The second kappa shape index (κ2) is 7.71. The van der Waals surface area contributed by atoms with Gasteiger partial charge >= 0.3 is 17.9 Å². The molecule has 0 heterocycles. The van der Waals surface area contributed by atoms with E-state index in [2.05, 4.69) is 4.74 Å². The monoisotopic (exact) mass is 324 g/mol. The minimum Gasteiger partial charge on any atom is -0.481 e. The van der Waals surface area contributed by atoms with Crippen molar-refractivity contribution >= 4 is 23.7 Å². The average Bonchev–Trinajstić information content (AvgIpc) is 2.48. The van der Waals surface area contributed by atoms with E-state index in [0.717, 1.165) is 0 Å². The maximum atomic E-state index is 12.0. The van der Waals surface area contributed by atoms with Crippen LogP contribution in [0.15, 0.2) is 23.3 Å². The summed E-state index contributed by atoms with van der Waals surface area (Å²) in [6.45, 7) is 1.59. The molecule has 0 spiro atoms. The number of hydrogen-bond acceptors (Lipinski definition) is 5. The van der Waals surface area contributed by atoms with Gasteiger partial charge in [0.15, 0.2) is 0 Å². The summed E-state index contributed by atoms with van der Waals surface area (Å²) in [7, 11) is 1.25. The lowest BCUT2D eigenvalue weighted by atomic mass is 9.72. The third-order valence-corrected chi connectivity index (χ3v) is 3.88. The first-order chi connectivity index (χ1) is 10.7. The molecule has 0 aromatic carbocycles. The molecular weight excluding hydrogens is 304 g/mol. The first-order valence-corrected chi connectivity index (χ1v) is 7.16. The van der Waals surface area contributed by atoms with E-state index in [0.29, 0.717) is 5.57 Å². The highest BCUT2D eigenvalue weighted by Crippen LogP contribution is 2.38. The highest BCUT2D eigenvalue weighted by atomic mass is 16.5. The number of carbonyl (C=O) groups is 4. The van der Waals surface area contributed by atoms with E-state index in [1.54, 1.807) is 6.92 Å². The van der Waals surface area contributed by atoms with Crippen LogP contribution in [0.1, 0.15) is 39.0 Å². The van der Waals surface area contributed by atoms with E-state index >= 15 is 0 Å². The molecule has 1 unspecified atom stereocenters. The number of aliphatic carboxylic acids is 2. The number of carboxylic acids is 2. The first kappa shape index (κ1) is 18.6. The van der Waals surface area contributed by atoms with Gasteiger partial charge in [0.1, 0.15) is 5.78 Å². The summed E-state index contributed by atoms with van der Waals surface area (Å²) < 4.78 is 4.47. The normalized spacial score (nSPS) is 20.3. The molecule has 1 rings (SSSR count). The summed E-state index contributed by atoms with van der Waals surface area (Å²) in [4.78, 5) is 45.9. The minimum atomic E-state index is -1.55. The van der Waals surface area contributed by atoms with Crippen LogP contribution in [-0.4, -0.2) is 41.0 Å². The van der Waals surface area contributed by atoms with Crippen LogP contribution in [0.2, 0.25) is 0 Å². The lowest BCUT2D eigenvalue weighted by molar-refractivity contribution is -0.149. The number of rotatable bonds is 8. The van der Waals surface area contributed by atoms with Crippen molar-refractivity contribution in [2.75, 3.05) is 7.11 Å². The lowest BCUT2D eigenvalue weighted by Crippen LogP contribution is -2.35. The predicted molar refractivity (Wildman–Crippen MR) is 79.7 cm³/mol. The molecule has 0 amide bonds. The standard InChI is InChI=1S/C16H20O7/c1-10-6-7-16(15(21)22,9-12(10)14(19)20)8-11(17)4-3-5-13(18)23-2/h6-7H,3-5,8-9H2,1-2H3,(H,19,20)(H,21,22). The molecule has 7 heteroatoms. The third-order valence-electron chi connectivity index (χ3n) is 3.88. The molecule has 23 heavy (non-hydrogen) atoms. The van der Waals surface area contributed by atoms with Crippen molar-refractivity contribution in [1.29, 1.82) is 0 Å². The van der Waals surface area contributed by atoms with Gasteiger partial charge < -0.3 is 14.9 Å². The molecule has 0 saturated carbocycles. The van der Waals surface area contributed by atoms with E-state index in [9.17, 15) is 24.3 Å². The molecule has 0 aromatic heterocycles. The van der Waals surface area contributed by atoms with Crippen LogP contribution < -0.4 is 0 Å². The van der Waals surface area contributed by atoms with E-state index in [1.165, 1.54) is 19.3 Å². The number of methoxy groups -OCH3 is 1. The zero-order valence-corrected chi connectivity index (χ0v) is 13.1. The summed E-state index contributed by atoms with van der Waals surface area (Å²) in [6, 6.07) is 0. The molecule has 0 fully saturated rings. The number of ether oxygens (including phenoxy) is 1. The van der Waals surface area contributed by atoms with Crippen LogP contribution in [0.3, 0.4) is 0 Å². The van der Waals surface area contributed by atoms with Gasteiger partial charge in [-0.2, -0.15) is 0 Å². The van der Waals surface area contributed by atoms with Gasteiger partial charge in [0.25, 0.3) is 0 Å². The van der Waals surface area contributed by atoms with Gasteiger partial charge in [-0.25, -0.2) is 4.79 Å². The number of hydrogen-bond donors (Lipinski definition) is 2. The van der Waals surface area contributed by atoms with Crippen molar-refractivity contribution in [1.82, 2.24) is 0 Å². The zero-order valence-electron chi connectivity index (χ0n) is 13.1. The Bertz CT molecular complexity index is 585. The maximum Gasteiger partial charge on any atom is 0.331 e. The molecule has 0 radical (unpaired) electrons. The molecule has 2 N–H and O–H groups in total. The smallest absolute Gasteiger partial charge is 0.331 e. The quantitative estimate of drug-likeness (QED) is 0.653. The molecular formula is C16H20O7. The van der Waals surface area contributed by atoms with Gasteiger partial charge in [-0.15, -0.1) is 0 Å². The minimum absolute atomic E-state index is 0.00254.